The molecule has 2 N–H and O–H groups in total. The van der Waals surface area contributed by atoms with Crippen molar-refractivity contribution < 1.29 is 9.59 Å². The molecule has 0 saturated carbocycles. The molecule has 0 saturated heterocycles. The predicted octanol–water partition coefficient (Wildman–Crippen LogP) is 4.39. The topological polar surface area (TPSA) is 58.2 Å². The van der Waals surface area contributed by atoms with Crippen molar-refractivity contribution in [3.05, 3.63) is 64.2 Å². The van der Waals surface area contributed by atoms with Crippen LogP contribution in [0.15, 0.2) is 36.4 Å². The molecule has 1 atom stereocenters. The zero-order valence-electron chi connectivity index (χ0n) is 16.4. The van der Waals surface area contributed by atoms with E-state index >= 15 is 0 Å². The number of benzene rings is 2. The van der Waals surface area contributed by atoms with Crippen LogP contribution in [0.1, 0.15) is 60.0 Å². The van der Waals surface area contributed by atoms with Gasteiger partial charge in [-0.25, -0.2) is 0 Å². The Labute approximate surface area is 161 Å². The number of carbonyl (C=O) groups is 2. The highest BCUT2D eigenvalue weighted by Crippen LogP contribution is 2.26. The summed E-state index contributed by atoms with van der Waals surface area (Å²) < 4.78 is 0. The van der Waals surface area contributed by atoms with Crippen LogP contribution in [0.4, 0.5) is 5.69 Å². The molecule has 0 radical (unpaired) electrons. The number of anilines is 1. The van der Waals surface area contributed by atoms with Gasteiger partial charge in [0.1, 0.15) is 0 Å². The van der Waals surface area contributed by atoms with Crippen molar-refractivity contribution in [3.63, 3.8) is 0 Å². The summed E-state index contributed by atoms with van der Waals surface area (Å²) in [5.41, 5.74) is 6.46. The molecule has 142 valence electrons. The molecule has 1 aliphatic rings. The first-order valence-electron chi connectivity index (χ1n) is 9.79. The molecule has 4 heteroatoms. The number of aryl methyl sites for hydroxylation is 4. The van der Waals surface area contributed by atoms with Crippen LogP contribution in [-0.4, -0.2) is 11.8 Å². The first-order chi connectivity index (χ1) is 13.0. The van der Waals surface area contributed by atoms with Crippen LogP contribution in [0.5, 0.6) is 0 Å². The molecule has 2 aromatic carbocycles. The fraction of sp³-hybridized carbons (Fsp3) is 0.391. The van der Waals surface area contributed by atoms with Gasteiger partial charge in [0.05, 0.1) is 6.04 Å². The summed E-state index contributed by atoms with van der Waals surface area (Å²) in [6.45, 7) is 5.86. The van der Waals surface area contributed by atoms with E-state index < -0.39 is 11.8 Å². The summed E-state index contributed by atoms with van der Waals surface area (Å²) in [5.74, 6) is -1.22. The second kappa shape index (κ2) is 8.38. The monoisotopic (exact) mass is 364 g/mol. The van der Waals surface area contributed by atoms with E-state index in [1.807, 2.05) is 39.0 Å². The molecule has 0 aromatic heterocycles. The quantitative estimate of drug-likeness (QED) is 0.791. The van der Waals surface area contributed by atoms with Crippen molar-refractivity contribution >= 4 is 17.5 Å². The third-order valence-corrected chi connectivity index (χ3v) is 5.41. The van der Waals surface area contributed by atoms with E-state index in [2.05, 4.69) is 28.8 Å². The zero-order valence-corrected chi connectivity index (χ0v) is 16.4. The van der Waals surface area contributed by atoms with Gasteiger partial charge in [0.15, 0.2) is 0 Å². The Bertz CT molecular complexity index is 837. The summed E-state index contributed by atoms with van der Waals surface area (Å²) in [4.78, 5) is 24.9. The standard InChI is InChI=1S/C23H28N2O2/c1-4-20(19-13-12-17-10-5-6-11-18(17)14-19)24-22(26)23(27)25-21-15(2)8-7-9-16(21)3/h7-9,12-14,20H,4-6,10-11H2,1-3H3,(H,24,26)(H,25,27). The number of amides is 2. The van der Waals surface area contributed by atoms with Crippen molar-refractivity contribution in [1.29, 1.82) is 0 Å². The number of rotatable bonds is 4. The maximum absolute atomic E-state index is 12.5. The molecule has 0 heterocycles. The first-order valence-corrected chi connectivity index (χ1v) is 9.79. The van der Waals surface area contributed by atoms with Gasteiger partial charge in [-0.15, -0.1) is 0 Å². The highest BCUT2D eigenvalue weighted by atomic mass is 16.2. The molecular weight excluding hydrogens is 336 g/mol. The largest absolute Gasteiger partial charge is 0.341 e. The summed E-state index contributed by atoms with van der Waals surface area (Å²) in [5, 5.41) is 5.66. The van der Waals surface area contributed by atoms with Gasteiger partial charge >= 0.3 is 11.8 Å². The summed E-state index contributed by atoms with van der Waals surface area (Å²) in [6, 6.07) is 12.1. The number of hydrogen-bond acceptors (Lipinski definition) is 2. The van der Waals surface area contributed by atoms with Gasteiger partial charge in [0, 0.05) is 5.69 Å². The minimum atomic E-state index is -0.621. The van der Waals surface area contributed by atoms with E-state index in [9.17, 15) is 9.59 Å². The number of para-hydroxylation sites is 1. The molecule has 0 spiro atoms. The van der Waals surface area contributed by atoms with Gasteiger partial charge in [-0.2, -0.15) is 0 Å². The fourth-order valence-corrected chi connectivity index (χ4v) is 3.80. The zero-order chi connectivity index (χ0) is 19.4. The maximum Gasteiger partial charge on any atom is 0.313 e. The fourth-order valence-electron chi connectivity index (χ4n) is 3.80. The van der Waals surface area contributed by atoms with E-state index in [-0.39, 0.29) is 6.04 Å². The van der Waals surface area contributed by atoms with Crippen LogP contribution in [0.25, 0.3) is 0 Å². The average molecular weight is 364 g/mol. The number of hydrogen-bond donors (Lipinski definition) is 2. The van der Waals surface area contributed by atoms with E-state index in [0.717, 1.165) is 36.0 Å². The lowest BCUT2D eigenvalue weighted by atomic mass is 9.89. The van der Waals surface area contributed by atoms with Crippen LogP contribution in [0.2, 0.25) is 0 Å². The molecule has 0 aliphatic heterocycles. The second-order valence-electron chi connectivity index (χ2n) is 7.39. The van der Waals surface area contributed by atoms with Gasteiger partial charge in [-0.05, 0) is 73.8 Å². The molecule has 4 nitrogen and oxygen atoms in total. The Kier molecular flexibility index (Phi) is 5.94. The first kappa shape index (κ1) is 19.2. The molecule has 1 unspecified atom stereocenters. The van der Waals surface area contributed by atoms with Gasteiger partial charge in [-0.1, -0.05) is 43.3 Å². The molecule has 27 heavy (non-hydrogen) atoms. The second-order valence-corrected chi connectivity index (χ2v) is 7.39. The number of fused-ring (bicyclic) bond motifs is 1. The van der Waals surface area contributed by atoms with Crippen molar-refractivity contribution in [1.82, 2.24) is 5.32 Å². The minimum Gasteiger partial charge on any atom is -0.341 e. The van der Waals surface area contributed by atoms with Crippen molar-refractivity contribution in [2.45, 2.75) is 58.9 Å². The molecule has 2 aromatic rings. The van der Waals surface area contributed by atoms with Crippen LogP contribution in [-0.2, 0) is 22.4 Å². The van der Waals surface area contributed by atoms with E-state index in [4.69, 9.17) is 0 Å². The minimum absolute atomic E-state index is 0.159. The summed E-state index contributed by atoms with van der Waals surface area (Å²) >= 11 is 0. The number of nitrogens with one attached hydrogen (secondary N) is 2. The van der Waals surface area contributed by atoms with Crippen molar-refractivity contribution in [2.24, 2.45) is 0 Å². The third-order valence-electron chi connectivity index (χ3n) is 5.41. The van der Waals surface area contributed by atoms with Crippen LogP contribution in [0, 0.1) is 13.8 Å². The lowest BCUT2D eigenvalue weighted by Crippen LogP contribution is -2.38. The lowest BCUT2D eigenvalue weighted by molar-refractivity contribution is -0.136. The van der Waals surface area contributed by atoms with Gasteiger partial charge in [0.25, 0.3) is 0 Å². The van der Waals surface area contributed by atoms with Crippen LogP contribution >= 0.6 is 0 Å². The Balaban J connectivity index is 1.70. The molecule has 1 aliphatic carbocycles. The lowest BCUT2D eigenvalue weighted by Gasteiger charge is -2.21. The Hall–Kier alpha value is -2.62. The Morgan fingerprint density at radius 1 is 0.963 bits per heavy atom. The summed E-state index contributed by atoms with van der Waals surface area (Å²) in [7, 11) is 0. The van der Waals surface area contributed by atoms with Crippen LogP contribution < -0.4 is 10.6 Å². The maximum atomic E-state index is 12.5. The van der Waals surface area contributed by atoms with Crippen LogP contribution in [0.3, 0.4) is 0 Å². The van der Waals surface area contributed by atoms with E-state index in [1.165, 1.54) is 24.0 Å². The van der Waals surface area contributed by atoms with Gasteiger partial charge < -0.3 is 10.6 Å². The third kappa shape index (κ3) is 4.38. The predicted molar refractivity (Wildman–Crippen MR) is 109 cm³/mol. The van der Waals surface area contributed by atoms with Crippen molar-refractivity contribution in [3.8, 4) is 0 Å². The number of carbonyl (C=O) groups excluding carboxylic acids is 2. The van der Waals surface area contributed by atoms with E-state index in [0.29, 0.717) is 5.69 Å². The Morgan fingerprint density at radius 3 is 2.30 bits per heavy atom. The average Bonchev–Trinajstić information content (AvgIpc) is 2.68. The van der Waals surface area contributed by atoms with Gasteiger partial charge in [-0.3, -0.25) is 9.59 Å². The normalized spacial score (nSPS) is 14.2. The molecule has 3 rings (SSSR count). The molecular formula is C23H28N2O2. The van der Waals surface area contributed by atoms with Crippen molar-refractivity contribution in [2.75, 3.05) is 5.32 Å². The summed E-state index contributed by atoms with van der Waals surface area (Å²) in [6.07, 6.45) is 5.44. The molecule has 0 fully saturated rings. The molecule has 2 amide bonds. The van der Waals surface area contributed by atoms with E-state index in [1.54, 1.807) is 0 Å². The molecule has 0 bridgehead atoms. The highest BCUT2D eigenvalue weighted by molar-refractivity contribution is 6.39. The smallest absolute Gasteiger partial charge is 0.313 e. The van der Waals surface area contributed by atoms with Gasteiger partial charge in [0.2, 0.25) is 0 Å². The SMILES string of the molecule is CCC(NC(=O)C(=O)Nc1c(C)cccc1C)c1ccc2c(c1)CCCC2. The highest BCUT2D eigenvalue weighted by Gasteiger charge is 2.21. The Morgan fingerprint density at radius 2 is 1.63 bits per heavy atom.